The van der Waals surface area contributed by atoms with Gasteiger partial charge in [-0.15, -0.1) is 0 Å². The maximum atomic E-state index is 12.1. The quantitative estimate of drug-likeness (QED) is 0.876. The molecule has 1 fully saturated rings. The van der Waals surface area contributed by atoms with E-state index in [1.54, 1.807) is 0 Å². The van der Waals surface area contributed by atoms with Crippen LogP contribution in [0.25, 0.3) is 0 Å². The fourth-order valence-corrected chi connectivity index (χ4v) is 2.45. The zero-order valence-electron chi connectivity index (χ0n) is 11.6. The molecule has 0 aliphatic carbocycles. The van der Waals surface area contributed by atoms with Gasteiger partial charge in [0.1, 0.15) is 0 Å². The molecule has 1 aromatic carbocycles. The largest absolute Gasteiger partial charge is 0.392 e. The number of carbonyl (C=O) groups excluding carboxylic acids is 1. The Balaban J connectivity index is 1.90. The first-order chi connectivity index (χ1) is 9.02. The van der Waals surface area contributed by atoms with E-state index < -0.39 is 0 Å². The highest BCUT2D eigenvalue weighted by Gasteiger charge is 2.31. The summed E-state index contributed by atoms with van der Waals surface area (Å²) in [5.74, 6) is 0. The number of amides is 2. The minimum atomic E-state index is -0.0154. The maximum Gasteiger partial charge on any atom is 0.317 e. The molecule has 0 spiro atoms. The summed E-state index contributed by atoms with van der Waals surface area (Å²) in [6.45, 7) is 6.46. The van der Waals surface area contributed by atoms with Crippen LogP contribution in [-0.2, 0) is 13.2 Å². The van der Waals surface area contributed by atoms with Gasteiger partial charge in [0.05, 0.1) is 6.61 Å². The van der Waals surface area contributed by atoms with Crippen LogP contribution in [0.1, 0.15) is 31.4 Å². The zero-order valence-corrected chi connectivity index (χ0v) is 11.6. The third-order valence-corrected chi connectivity index (χ3v) is 3.68. The lowest BCUT2D eigenvalue weighted by Crippen LogP contribution is -2.38. The molecule has 1 heterocycles. The predicted molar refractivity (Wildman–Crippen MR) is 74.6 cm³/mol. The number of aliphatic hydroxyl groups is 1. The smallest absolute Gasteiger partial charge is 0.317 e. The van der Waals surface area contributed by atoms with Gasteiger partial charge in [0.25, 0.3) is 0 Å². The van der Waals surface area contributed by atoms with E-state index in [9.17, 15) is 9.90 Å². The first kappa shape index (κ1) is 13.9. The number of nitrogens with one attached hydrogen (secondary N) is 1. The highest BCUT2D eigenvalue weighted by molar-refractivity contribution is 5.74. The lowest BCUT2D eigenvalue weighted by molar-refractivity contribution is 0.202. The summed E-state index contributed by atoms with van der Waals surface area (Å²) in [6, 6.07) is 7.60. The molecule has 0 atom stereocenters. The summed E-state index contributed by atoms with van der Waals surface area (Å²) in [7, 11) is 0. The Morgan fingerprint density at radius 1 is 1.37 bits per heavy atom. The molecule has 1 aliphatic rings. The molecular weight excluding hydrogens is 240 g/mol. The van der Waals surface area contributed by atoms with Gasteiger partial charge in [0.2, 0.25) is 0 Å². The maximum absolute atomic E-state index is 12.1. The van der Waals surface area contributed by atoms with Crippen LogP contribution in [0.15, 0.2) is 24.3 Å². The highest BCUT2D eigenvalue weighted by atomic mass is 16.3. The Labute approximate surface area is 114 Å². The van der Waals surface area contributed by atoms with Gasteiger partial charge in [0.15, 0.2) is 0 Å². The van der Waals surface area contributed by atoms with Crippen LogP contribution >= 0.6 is 0 Å². The number of benzene rings is 1. The lowest BCUT2D eigenvalue weighted by atomic mass is 9.93. The molecule has 0 saturated carbocycles. The minimum absolute atomic E-state index is 0.00277. The molecule has 2 rings (SSSR count). The van der Waals surface area contributed by atoms with E-state index in [1.807, 2.05) is 29.2 Å². The van der Waals surface area contributed by atoms with Crippen LogP contribution < -0.4 is 5.32 Å². The third kappa shape index (κ3) is 3.47. The molecule has 0 radical (unpaired) electrons. The number of hydrogen-bond donors (Lipinski definition) is 2. The second-order valence-corrected chi connectivity index (χ2v) is 5.92. The summed E-state index contributed by atoms with van der Waals surface area (Å²) < 4.78 is 0. The van der Waals surface area contributed by atoms with Gasteiger partial charge in [-0.25, -0.2) is 4.79 Å². The van der Waals surface area contributed by atoms with E-state index >= 15 is 0 Å². The molecule has 4 heteroatoms. The standard InChI is InChI=1S/C15H22N2O2/c1-15(2)7-8-17(11-15)14(19)16-9-12-5-3-4-6-13(12)10-18/h3-6,18H,7-11H2,1-2H3,(H,16,19). The Morgan fingerprint density at radius 2 is 2.05 bits per heavy atom. The number of hydrogen-bond acceptors (Lipinski definition) is 2. The van der Waals surface area contributed by atoms with Crippen molar-refractivity contribution in [2.24, 2.45) is 5.41 Å². The lowest BCUT2D eigenvalue weighted by Gasteiger charge is -2.20. The number of aliphatic hydroxyl groups excluding tert-OH is 1. The second kappa shape index (κ2) is 5.61. The van der Waals surface area contributed by atoms with Crippen molar-refractivity contribution in [2.45, 2.75) is 33.4 Å². The summed E-state index contributed by atoms with van der Waals surface area (Å²) in [5, 5.41) is 12.2. The fraction of sp³-hybridized carbons (Fsp3) is 0.533. The molecule has 1 aromatic rings. The van der Waals surface area contributed by atoms with Crippen molar-refractivity contribution in [2.75, 3.05) is 13.1 Å². The second-order valence-electron chi connectivity index (χ2n) is 5.92. The molecule has 0 unspecified atom stereocenters. The van der Waals surface area contributed by atoms with Gasteiger partial charge in [-0.05, 0) is 23.0 Å². The van der Waals surface area contributed by atoms with E-state index in [2.05, 4.69) is 19.2 Å². The van der Waals surface area contributed by atoms with Crippen LogP contribution in [0.3, 0.4) is 0 Å². The fourth-order valence-electron chi connectivity index (χ4n) is 2.45. The van der Waals surface area contributed by atoms with Gasteiger partial charge < -0.3 is 15.3 Å². The van der Waals surface area contributed by atoms with E-state index in [0.29, 0.717) is 6.54 Å². The molecule has 1 aliphatic heterocycles. The van der Waals surface area contributed by atoms with E-state index in [1.165, 1.54) is 0 Å². The number of carbonyl (C=O) groups is 1. The van der Waals surface area contributed by atoms with Crippen LogP contribution in [0.2, 0.25) is 0 Å². The van der Waals surface area contributed by atoms with Crippen molar-refractivity contribution in [1.29, 1.82) is 0 Å². The molecule has 19 heavy (non-hydrogen) atoms. The van der Waals surface area contributed by atoms with Crippen LogP contribution in [0, 0.1) is 5.41 Å². The average molecular weight is 262 g/mol. The molecular formula is C15H22N2O2. The Bertz CT molecular complexity index is 457. The van der Waals surface area contributed by atoms with Crippen LogP contribution in [-0.4, -0.2) is 29.1 Å². The first-order valence-corrected chi connectivity index (χ1v) is 6.72. The highest BCUT2D eigenvalue weighted by Crippen LogP contribution is 2.28. The van der Waals surface area contributed by atoms with Gasteiger partial charge in [-0.1, -0.05) is 38.1 Å². The molecule has 104 valence electrons. The molecule has 2 amide bonds. The Hall–Kier alpha value is -1.55. The molecule has 2 N–H and O–H groups in total. The average Bonchev–Trinajstić information content (AvgIpc) is 2.76. The summed E-state index contributed by atoms with van der Waals surface area (Å²) in [6.07, 6.45) is 1.05. The van der Waals surface area contributed by atoms with Crippen molar-refractivity contribution in [3.05, 3.63) is 35.4 Å². The van der Waals surface area contributed by atoms with E-state index in [4.69, 9.17) is 0 Å². The number of rotatable bonds is 3. The molecule has 0 aromatic heterocycles. The number of likely N-dealkylation sites (tertiary alicyclic amines) is 1. The molecule has 1 saturated heterocycles. The van der Waals surface area contributed by atoms with E-state index in [0.717, 1.165) is 30.6 Å². The SMILES string of the molecule is CC1(C)CCN(C(=O)NCc2ccccc2CO)C1. The Morgan fingerprint density at radius 3 is 2.63 bits per heavy atom. The summed E-state index contributed by atoms with van der Waals surface area (Å²) in [5.41, 5.74) is 2.06. The zero-order chi connectivity index (χ0) is 13.9. The van der Waals surface area contributed by atoms with Gasteiger partial charge in [-0.2, -0.15) is 0 Å². The first-order valence-electron chi connectivity index (χ1n) is 6.72. The number of nitrogens with zero attached hydrogens (tertiary/aromatic N) is 1. The minimum Gasteiger partial charge on any atom is -0.392 e. The van der Waals surface area contributed by atoms with Crippen molar-refractivity contribution < 1.29 is 9.90 Å². The molecule has 4 nitrogen and oxygen atoms in total. The monoisotopic (exact) mass is 262 g/mol. The van der Waals surface area contributed by atoms with Gasteiger partial charge >= 0.3 is 6.03 Å². The van der Waals surface area contributed by atoms with Crippen molar-refractivity contribution in [3.63, 3.8) is 0 Å². The van der Waals surface area contributed by atoms with Crippen LogP contribution in [0.5, 0.6) is 0 Å². The third-order valence-electron chi connectivity index (χ3n) is 3.68. The molecule has 0 bridgehead atoms. The van der Waals surface area contributed by atoms with E-state index in [-0.39, 0.29) is 18.1 Å². The predicted octanol–water partition coefficient (Wildman–Crippen LogP) is 2.12. The summed E-state index contributed by atoms with van der Waals surface area (Å²) >= 11 is 0. The van der Waals surface area contributed by atoms with Gasteiger partial charge in [0, 0.05) is 19.6 Å². The number of urea groups is 1. The summed E-state index contributed by atoms with van der Waals surface area (Å²) in [4.78, 5) is 13.9. The van der Waals surface area contributed by atoms with Gasteiger partial charge in [-0.3, -0.25) is 0 Å². The van der Waals surface area contributed by atoms with Crippen molar-refractivity contribution in [3.8, 4) is 0 Å². The Kier molecular flexibility index (Phi) is 4.10. The van der Waals surface area contributed by atoms with Crippen LogP contribution in [0.4, 0.5) is 4.79 Å². The topological polar surface area (TPSA) is 52.6 Å². The van der Waals surface area contributed by atoms with Crippen molar-refractivity contribution in [1.82, 2.24) is 10.2 Å². The normalized spacial score (nSPS) is 17.5. The van der Waals surface area contributed by atoms with Crippen molar-refractivity contribution >= 4 is 6.03 Å².